The number of hydrogen-bond donors (Lipinski definition) is 4. The Morgan fingerprint density at radius 2 is 1.39 bits per heavy atom. The average molecular weight is 971 g/mol. The van der Waals surface area contributed by atoms with E-state index in [1.165, 1.54) is 18.2 Å². The number of amides is 5. The summed E-state index contributed by atoms with van der Waals surface area (Å²) in [6, 6.07) is 23.5. The first kappa shape index (κ1) is 55.5. The van der Waals surface area contributed by atoms with Crippen LogP contribution in [0.3, 0.4) is 0 Å². The number of nitrogens with one attached hydrogen (secondary N) is 3. The topological polar surface area (TPSA) is 200 Å². The highest BCUT2D eigenvalue weighted by Crippen LogP contribution is 2.44. The predicted molar refractivity (Wildman–Crippen MR) is 269 cm³/mol. The minimum Gasteiger partial charge on any atom is -0.449 e. The van der Waals surface area contributed by atoms with Crippen molar-refractivity contribution in [1.29, 1.82) is 0 Å². The molecule has 0 unspecified atom stereocenters. The van der Waals surface area contributed by atoms with Crippen LogP contribution in [0.5, 0.6) is 0 Å². The van der Waals surface area contributed by atoms with Gasteiger partial charge in [0, 0.05) is 53.2 Å². The van der Waals surface area contributed by atoms with E-state index >= 15 is 0 Å². The number of benzene rings is 3. The third-order valence-corrected chi connectivity index (χ3v) is 14.0. The Balaban J connectivity index is 1.06. The maximum atomic E-state index is 14.2. The van der Waals surface area contributed by atoms with Crippen molar-refractivity contribution < 1.29 is 47.7 Å². The SMILES string of the molecule is CC[C@H](C)[C@@H]([C@@H](CC(=O)N1CCC[C@H]1[C@H](OC)[C@@H](C)C(=O)N[C@@H](Cc1ccccc1)C(=O)NCCOCCOCCNC(=O)OCC1c2ccccc2-c2ccccc21)OC)N(C)C(=O)[C@@H](N)C(C)C. The number of likely N-dealkylation sites (tertiary alicyclic amines) is 1. The van der Waals surface area contributed by atoms with Crippen LogP contribution in [0, 0.1) is 17.8 Å². The molecule has 0 radical (unpaired) electrons. The van der Waals surface area contributed by atoms with Gasteiger partial charge in [0.15, 0.2) is 0 Å². The molecule has 3 aromatic carbocycles. The molecule has 0 saturated carbocycles. The van der Waals surface area contributed by atoms with Gasteiger partial charge in [-0.1, -0.05) is 120 Å². The molecule has 16 nitrogen and oxygen atoms in total. The molecule has 8 atom stereocenters. The Kier molecular flexibility index (Phi) is 22.1. The van der Waals surface area contributed by atoms with E-state index in [-0.39, 0.29) is 100 Å². The minimum absolute atomic E-state index is 0.0186. The average Bonchev–Trinajstić information content (AvgIpc) is 3.98. The molecule has 16 heteroatoms. The van der Waals surface area contributed by atoms with E-state index in [2.05, 4.69) is 40.2 Å². The fourth-order valence-electron chi connectivity index (χ4n) is 9.75. The lowest BCUT2D eigenvalue weighted by molar-refractivity contribution is -0.146. The van der Waals surface area contributed by atoms with Crippen LogP contribution in [0.4, 0.5) is 4.79 Å². The lowest BCUT2D eigenvalue weighted by Gasteiger charge is -2.40. The van der Waals surface area contributed by atoms with Gasteiger partial charge in [-0.25, -0.2) is 4.79 Å². The first-order valence-electron chi connectivity index (χ1n) is 25.0. The van der Waals surface area contributed by atoms with Gasteiger partial charge in [0.2, 0.25) is 23.6 Å². The third kappa shape index (κ3) is 14.8. The molecule has 1 aliphatic heterocycles. The van der Waals surface area contributed by atoms with E-state index in [0.29, 0.717) is 13.0 Å². The summed E-state index contributed by atoms with van der Waals surface area (Å²) in [5, 5.41) is 8.62. The van der Waals surface area contributed by atoms with E-state index in [0.717, 1.165) is 29.5 Å². The van der Waals surface area contributed by atoms with Crippen LogP contribution in [-0.4, -0.2) is 150 Å². The fourth-order valence-corrected chi connectivity index (χ4v) is 9.75. The number of carbonyl (C=O) groups excluding carboxylic acids is 5. The molecule has 1 heterocycles. The molecule has 1 fully saturated rings. The van der Waals surface area contributed by atoms with Crippen molar-refractivity contribution in [2.75, 3.05) is 73.9 Å². The Morgan fingerprint density at radius 1 is 0.786 bits per heavy atom. The second-order valence-electron chi connectivity index (χ2n) is 18.9. The van der Waals surface area contributed by atoms with Crippen molar-refractivity contribution in [3.8, 4) is 11.1 Å². The summed E-state index contributed by atoms with van der Waals surface area (Å²) >= 11 is 0. The van der Waals surface area contributed by atoms with E-state index in [1.807, 2.05) is 82.3 Å². The summed E-state index contributed by atoms with van der Waals surface area (Å²) in [6.07, 6.45) is 0.655. The van der Waals surface area contributed by atoms with Gasteiger partial charge in [0.05, 0.1) is 69.1 Å². The van der Waals surface area contributed by atoms with Crippen molar-refractivity contribution in [3.05, 3.63) is 95.6 Å². The number of fused-ring (bicyclic) bond motifs is 3. The molecule has 2 aliphatic rings. The Morgan fingerprint density at radius 3 is 1.97 bits per heavy atom. The summed E-state index contributed by atoms with van der Waals surface area (Å²) in [5.74, 6) is -1.86. The number of likely N-dealkylation sites (N-methyl/N-ethyl adjacent to an activating group) is 1. The van der Waals surface area contributed by atoms with Gasteiger partial charge in [-0.05, 0) is 52.5 Å². The molecule has 384 valence electrons. The number of rotatable bonds is 28. The molecule has 3 aromatic rings. The molecule has 5 N–H and O–H groups in total. The first-order valence-corrected chi connectivity index (χ1v) is 25.0. The van der Waals surface area contributed by atoms with Gasteiger partial charge in [-0.3, -0.25) is 19.2 Å². The summed E-state index contributed by atoms with van der Waals surface area (Å²) < 4.78 is 28.9. The van der Waals surface area contributed by atoms with Crippen molar-refractivity contribution in [3.63, 3.8) is 0 Å². The van der Waals surface area contributed by atoms with Gasteiger partial charge in [-0.2, -0.15) is 0 Å². The van der Waals surface area contributed by atoms with Crippen molar-refractivity contribution in [2.24, 2.45) is 23.5 Å². The number of nitrogens with two attached hydrogens (primary N) is 1. The van der Waals surface area contributed by atoms with Crippen molar-refractivity contribution >= 4 is 29.7 Å². The van der Waals surface area contributed by atoms with Crippen LogP contribution in [0.25, 0.3) is 11.1 Å². The number of alkyl carbamates (subject to hydrolysis) is 1. The van der Waals surface area contributed by atoms with Gasteiger partial charge >= 0.3 is 6.09 Å². The fraction of sp³-hybridized carbons (Fsp3) is 0.574. The van der Waals surface area contributed by atoms with Gasteiger partial charge in [-0.15, -0.1) is 0 Å². The predicted octanol–water partition coefficient (Wildman–Crippen LogP) is 5.31. The molecule has 1 aliphatic carbocycles. The summed E-state index contributed by atoms with van der Waals surface area (Å²) in [4.78, 5) is 71.3. The van der Waals surface area contributed by atoms with Crippen LogP contribution in [0.15, 0.2) is 78.9 Å². The number of methoxy groups -OCH3 is 2. The van der Waals surface area contributed by atoms with Crippen LogP contribution < -0.4 is 21.7 Å². The van der Waals surface area contributed by atoms with E-state index in [9.17, 15) is 24.0 Å². The van der Waals surface area contributed by atoms with Gasteiger partial charge in [0.1, 0.15) is 12.6 Å². The Labute approximate surface area is 415 Å². The molecular weight excluding hydrogens is 893 g/mol. The zero-order valence-electron chi connectivity index (χ0n) is 42.5. The Hall–Kier alpha value is -5.39. The normalized spacial score (nSPS) is 17.3. The maximum absolute atomic E-state index is 14.2. The molecule has 1 saturated heterocycles. The molecule has 5 amide bonds. The van der Waals surface area contributed by atoms with Crippen LogP contribution in [-0.2, 0) is 49.3 Å². The zero-order valence-corrected chi connectivity index (χ0v) is 42.5. The zero-order chi connectivity index (χ0) is 50.7. The molecule has 0 aromatic heterocycles. The van der Waals surface area contributed by atoms with Crippen LogP contribution in [0.1, 0.15) is 82.9 Å². The molecule has 0 spiro atoms. The number of ether oxygens (including phenoxy) is 5. The highest BCUT2D eigenvalue weighted by molar-refractivity contribution is 5.89. The number of carbonyl (C=O) groups is 5. The largest absolute Gasteiger partial charge is 0.449 e. The Bertz CT molecular complexity index is 2100. The number of hydrogen-bond acceptors (Lipinski definition) is 11. The quantitative estimate of drug-likeness (QED) is 0.0689. The summed E-state index contributed by atoms with van der Waals surface area (Å²) in [5.41, 5.74) is 11.8. The molecule has 5 rings (SSSR count). The molecular formula is C54H78N6O10. The third-order valence-electron chi connectivity index (χ3n) is 14.0. The second kappa shape index (κ2) is 27.9. The first-order chi connectivity index (χ1) is 33.7. The summed E-state index contributed by atoms with van der Waals surface area (Å²) in [6.45, 7) is 11.9. The van der Waals surface area contributed by atoms with E-state index in [1.54, 1.807) is 30.9 Å². The van der Waals surface area contributed by atoms with Crippen LogP contribution >= 0.6 is 0 Å². The van der Waals surface area contributed by atoms with E-state index in [4.69, 9.17) is 29.4 Å². The van der Waals surface area contributed by atoms with Gasteiger partial charge < -0.3 is 55.2 Å². The van der Waals surface area contributed by atoms with Gasteiger partial charge in [0.25, 0.3) is 0 Å². The summed E-state index contributed by atoms with van der Waals surface area (Å²) in [7, 11) is 4.83. The second-order valence-corrected chi connectivity index (χ2v) is 18.9. The highest BCUT2D eigenvalue weighted by Gasteiger charge is 2.43. The molecule has 70 heavy (non-hydrogen) atoms. The standard InChI is InChI=1S/C54H78N6O10/c1-9-36(4)49(59(6)53(64)48(55)35(2)3)46(66-7)33-47(61)60-27-17-24-45(60)50(67-8)37(5)51(62)58-44(32-38-18-11-10-12-19-38)52(63)56-25-28-68-30-31-69-29-26-57-54(65)70-34-43-41-22-15-13-20-39(41)40-21-14-16-23-42(40)43/h10-16,18-23,35-37,43-46,48-50H,9,17,24-34,55H2,1-8H3,(H,56,63)(H,57,65)(H,58,62)/t36-,37+,44-,45-,46+,48-,49-,50+/m0/s1. The molecule has 0 bridgehead atoms. The lowest BCUT2D eigenvalue weighted by atomic mass is 9.89. The lowest BCUT2D eigenvalue weighted by Crippen LogP contribution is -2.56. The smallest absolute Gasteiger partial charge is 0.407 e. The monoisotopic (exact) mass is 971 g/mol. The van der Waals surface area contributed by atoms with Crippen molar-refractivity contribution in [1.82, 2.24) is 25.8 Å². The van der Waals surface area contributed by atoms with Crippen LogP contribution in [0.2, 0.25) is 0 Å². The highest BCUT2D eigenvalue weighted by atomic mass is 16.6. The van der Waals surface area contributed by atoms with E-state index < -0.39 is 48.4 Å². The van der Waals surface area contributed by atoms with Crippen molar-refractivity contribution in [2.45, 2.75) is 109 Å². The number of nitrogens with zero attached hydrogens (tertiary/aromatic N) is 2. The minimum atomic E-state index is -0.896. The maximum Gasteiger partial charge on any atom is 0.407 e.